The lowest BCUT2D eigenvalue weighted by Crippen LogP contribution is -2.27. The maximum atomic E-state index is 12.9. The first kappa shape index (κ1) is 19.1. The van der Waals surface area contributed by atoms with Crippen molar-refractivity contribution in [2.45, 2.75) is 13.8 Å². The van der Waals surface area contributed by atoms with Crippen molar-refractivity contribution in [3.8, 4) is 5.75 Å². The number of hydrogen-bond donors (Lipinski definition) is 1. The van der Waals surface area contributed by atoms with Crippen molar-refractivity contribution in [1.82, 2.24) is 0 Å². The third-order valence-corrected chi connectivity index (χ3v) is 5.42. The number of nitrogens with zero attached hydrogens (tertiary/aromatic N) is 1. The van der Waals surface area contributed by atoms with Crippen LogP contribution in [-0.2, 0) is 9.59 Å². The minimum absolute atomic E-state index is 0.182. The number of para-hydroxylation sites is 1. The van der Waals surface area contributed by atoms with E-state index in [1.807, 2.05) is 38.1 Å². The Morgan fingerprint density at radius 2 is 1.96 bits per heavy atom. The maximum Gasteiger partial charge on any atom is 0.270 e. The fourth-order valence-corrected chi connectivity index (χ4v) is 3.87. The van der Waals surface area contributed by atoms with Crippen LogP contribution in [0, 0.1) is 13.8 Å². The third-order valence-electron chi connectivity index (χ3n) is 4.12. The van der Waals surface area contributed by atoms with E-state index in [1.165, 1.54) is 16.7 Å². The van der Waals surface area contributed by atoms with E-state index < -0.39 is 5.91 Å². The topological polar surface area (TPSA) is 72.6 Å². The molecule has 0 spiro atoms. The van der Waals surface area contributed by atoms with E-state index in [2.05, 4.69) is 0 Å². The summed E-state index contributed by atoms with van der Waals surface area (Å²) in [5.74, 6) is -0.267. The van der Waals surface area contributed by atoms with E-state index in [9.17, 15) is 9.59 Å². The number of aryl methyl sites for hydroxylation is 2. The van der Waals surface area contributed by atoms with Gasteiger partial charge in [-0.05, 0) is 49.2 Å². The average molecular weight is 399 g/mol. The lowest BCUT2D eigenvalue weighted by molar-refractivity contribution is -0.120. The zero-order valence-corrected chi connectivity index (χ0v) is 16.5. The highest BCUT2D eigenvalue weighted by Gasteiger charge is 2.33. The number of amides is 2. The Hall–Kier alpha value is -2.64. The van der Waals surface area contributed by atoms with Crippen LogP contribution in [0.3, 0.4) is 0 Å². The molecule has 1 aliphatic rings. The summed E-state index contributed by atoms with van der Waals surface area (Å²) in [6.07, 6.45) is 1.72. The lowest BCUT2D eigenvalue weighted by atomic mass is 10.1. The largest absolute Gasteiger partial charge is 0.483 e. The van der Waals surface area contributed by atoms with Crippen molar-refractivity contribution < 1.29 is 14.3 Å². The molecular weight excluding hydrogens is 380 g/mol. The molecule has 0 unspecified atom stereocenters. The average Bonchev–Trinajstić information content (AvgIpc) is 2.90. The Bertz CT molecular complexity index is 969. The maximum absolute atomic E-state index is 12.9. The predicted octanol–water partition coefficient (Wildman–Crippen LogP) is 3.57. The standard InChI is InChI=1S/C20H18N2O3S2/c1-12-7-8-15(9-13(12)2)22-19(24)17(27-20(22)26)10-14-5-3-4-6-16(14)25-11-18(21)23/h3-10H,11H2,1-2H3,(H2,21,23)/b17-10+. The summed E-state index contributed by atoms with van der Waals surface area (Å²) in [5.41, 5.74) is 8.82. The molecule has 3 rings (SSSR count). The molecule has 0 aliphatic carbocycles. The molecule has 2 amide bonds. The van der Waals surface area contributed by atoms with Gasteiger partial charge in [0.2, 0.25) is 0 Å². The van der Waals surface area contributed by atoms with Crippen molar-refractivity contribution in [1.29, 1.82) is 0 Å². The molecule has 1 fully saturated rings. The van der Waals surface area contributed by atoms with E-state index in [0.29, 0.717) is 20.5 Å². The SMILES string of the molecule is Cc1ccc(N2C(=O)/C(=C\c3ccccc3OCC(N)=O)SC2=S)cc1C. The molecule has 2 N–H and O–H groups in total. The van der Waals surface area contributed by atoms with Gasteiger partial charge in [-0.2, -0.15) is 0 Å². The number of hydrogen-bond acceptors (Lipinski definition) is 5. The van der Waals surface area contributed by atoms with Crippen LogP contribution in [0.2, 0.25) is 0 Å². The predicted molar refractivity (Wildman–Crippen MR) is 113 cm³/mol. The molecule has 1 saturated heterocycles. The summed E-state index contributed by atoms with van der Waals surface area (Å²) < 4.78 is 5.90. The quantitative estimate of drug-likeness (QED) is 0.616. The van der Waals surface area contributed by atoms with Gasteiger partial charge in [0.05, 0.1) is 10.6 Å². The van der Waals surface area contributed by atoms with Crippen LogP contribution in [0.4, 0.5) is 5.69 Å². The van der Waals surface area contributed by atoms with Crippen molar-refractivity contribution in [2.75, 3.05) is 11.5 Å². The first-order valence-corrected chi connectivity index (χ1v) is 9.44. The number of carbonyl (C=O) groups excluding carboxylic acids is 2. The fraction of sp³-hybridized carbons (Fsp3) is 0.150. The number of ether oxygens (including phenoxy) is 1. The van der Waals surface area contributed by atoms with Crippen molar-refractivity contribution >= 4 is 51.9 Å². The van der Waals surface area contributed by atoms with Crippen LogP contribution in [-0.4, -0.2) is 22.7 Å². The van der Waals surface area contributed by atoms with Gasteiger partial charge in [0.15, 0.2) is 10.9 Å². The Morgan fingerprint density at radius 3 is 2.67 bits per heavy atom. The summed E-state index contributed by atoms with van der Waals surface area (Å²) in [6, 6.07) is 12.9. The summed E-state index contributed by atoms with van der Waals surface area (Å²) in [4.78, 5) is 25.9. The number of nitrogens with two attached hydrogens (primary N) is 1. The van der Waals surface area contributed by atoms with Gasteiger partial charge >= 0.3 is 0 Å². The smallest absolute Gasteiger partial charge is 0.270 e. The minimum Gasteiger partial charge on any atom is -0.483 e. The van der Waals surface area contributed by atoms with Gasteiger partial charge in [0, 0.05) is 5.56 Å². The first-order valence-electron chi connectivity index (χ1n) is 8.22. The monoisotopic (exact) mass is 398 g/mol. The number of rotatable bonds is 5. The van der Waals surface area contributed by atoms with Crippen LogP contribution >= 0.6 is 24.0 Å². The third kappa shape index (κ3) is 4.20. The Balaban J connectivity index is 1.91. The Labute approximate surface area is 167 Å². The van der Waals surface area contributed by atoms with E-state index in [-0.39, 0.29) is 12.5 Å². The number of carbonyl (C=O) groups is 2. The van der Waals surface area contributed by atoms with Gasteiger partial charge in [0.25, 0.3) is 11.8 Å². The fourth-order valence-electron chi connectivity index (χ4n) is 2.58. The molecule has 2 aromatic rings. The molecule has 138 valence electrons. The molecule has 2 aromatic carbocycles. The van der Waals surface area contributed by atoms with Crippen molar-refractivity contribution in [2.24, 2.45) is 5.73 Å². The van der Waals surface area contributed by atoms with E-state index >= 15 is 0 Å². The molecular formula is C20H18N2O3S2. The van der Waals surface area contributed by atoms with Crippen LogP contribution < -0.4 is 15.4 Å². The molecule has 1 heterocycles. The molecule has 0 atom stereocenters. The van der Waals surface area contributed by atoms with Gasteiger partial charge in [-0.1, -0.05) is 48.2 Å². The van der Waals surface area contributed by atoms with Crippen LogP contribution in [0.25, 0.3) is 6.08 Å². The number of thiocarbonyl (C=S) groups is 1. The molecule has 27 heavy (non-hydrogen) atoms. The second-order valence-electron chi connectivity index (χ2n) is 6.08. The summed E-state index contributed by atoms with van der Waals surface area (Å²) in [7, 11) is 0. The minimum atomic E-state index is -0.564. The first-order chi connectivity index (χ1) is 12.9. The molecule has 7 heteroatoms. The van der Waals surface area contributed by atoms with Crippen LogP contribution in [0.15, 0.2) is 47.4 Å². The summed E-state index contributed by atoms with van der Waals surface area (Å²) in [6.45, 7) is 3.79. The highest BCUT2D eigenvalue weighted by Crippen LogP contribution is 2.37. The lowest BCUT2D eigenvalue weighted by Gasteiger charge is -2.16. The Morgan fingerprint density at radius 1 is 1.22 bits per heavy atom. The molecule has 0 bridgehead atoms. The second kappa shape index (κ2) is 7.94. The van der Waals surface area contributed by atoms with E-state index in [1.54, 1.807) is 24.3 Å². The number of primary amides is 1. The van der Waals surface area contributed by atoms with Gasteiger partial charge in [0.1, 0.15) is 5.75 Å². The van der Waals surface area contributed by atoms with E-state index in [4.69, 9.17) is 22.7 Å². The van der Waals surface area contributed by atoms with Gasteiger partial charge in [-0.25, -0.2) is 0 Å². The molecule has 0 radical (unpaired) electrons. The van der Waals surface area contributed by atoms with Crippen molar-refractivity contribution in [3.05, 3.63) is 64.1 Å². The van der Waals surface area contributed by atoms with Gasteiger partial charge in [-0.15, -0.1) is 0 Å². The van der Waals surface area contributed by atoms with E-state index in [0.717, 1.165) is 16.8 Å². The molecule has 0 aromatic heterocycles. The normalized spacial score (nSPS) is 15.5. The van der Waals surface area contributed by atoms with Crippen LogP contribution in [0.5, 0.6) is 5.75 Å². The van der Waals surface area contributed by atoms with Gasteiger partial charge < -0.3 is 10.5 Å². The van der Waals surface area contributed by atoms with Crippen molar-refractivity contribution in [3.63, 3.8) is 0 Å². The number of benzene rings is 2. The highest BCUT2D eigenvalue weighted by molar-refractivity contribution is 8.27. The van der Waals surface area contributed by atoms with Gasteiger partial charge in [-0.3, -0.25) is 14.5 Å². The Kier molecular flexibility index (Phi) is 5.62. The summed E-state index contributed by atoms with van der Waals surface area (Å²) >= 11 is 6.66. The zero-order valence-electron chi connectivity index (χ0n) is 14.9. The second-order valence-corrected chi connectivity index (χ2v) is 7.75. The zero-order chi connectivity index (χ0) is 19.6. The summed E-state index contributed by atoms with van der Waals surface area (Å²) in [5, 5.41) is 0. The number of thioether (sulfide) groups is 1. The molecule has 0 saturated carbocycles. The number of anilines is 1. The highest BCUT2D eigenvalue weighted by atomic mass is 32.2. The van der Waals surface area contributed by atoms with Crippen LogP contribution in [0.1, 0.15) is 16.7 Å². The molecule has 5 nitrogen and oxygen atoms in total. The molecule has 1 aliphatic heterocycles.